The van der Waals surface area contributed by atoms with Crippen molar-refractivity contribution in [2.45, 2.75) is 25.7 Å². The summed E-state index contributed by atoms with van der Waals surface area (Å²) >= 11 is 7.25. The monoisotopic (exact) mass is 478 g/mol. The number of hydrogen-bond acceptors (Lipinski definition) is 5. The number of nitrogens with one attached hydrogen (secondary N) is 1. The number of hydrogen-bond donors (Lipinski definition) is 1. The Kier molecular flexibility index (Phi) is 6.77. The van der Waals surface area contributed by atoms with Crippen LogP contribution in [-0.4, -0.2) is 18.4 Å². The normalized spacial score (nSPS) is 13.6. The highest BCUT2D eigenvalue weighted by atomic mass is 35.5. The number of amides is 2. The zero-order valence-electron chi connectivity index (χ0n) is 18.5. The molecule has 1 heterocycles. The van der Waals surface area contributed by atoms with Crippen LogP contribution in [0.5, 0.6) is 5.75 Å². The van der Waals surface area contributed by atoms with Crippen molar-refractivity contribution in [2.75, 3.05) is 16.8 Å². The lowest BCUT2D eigenvalue weighted by Gasteiger charge is -2.18. The number of aryl methyl sites for hydroxylation is 2. The minimum Gasteiger partial charge on any atom is -0.494 e. The van der Waals surface area contributed by atoms with Gasteiger partial charge in [0, 0.05) is 15.6 Å². The average molecular weight is 479 g/mol. The summed E-state index contributed by atoms with van der Waals surface area (Å²) in [6.45, 7) is 6.31. The van der Waals surface area contributed by atoms with Gasteiger partial charge in [0.15, 0.2) is 0 Å². The molecule has 3 aromatic carbocycles. The molecule has 0 radical (unpaired) electrons. The van der Waals surface area contributed by atoms with Gasteiger partial charge in [0.1, 0.15) is 16.4 Å². The fourth-order valence-corrected chi connectivity index (χ4v) is 4.51. The van der Waals surface area contributed by atoms with Crippen molar-refractivity contribution in [3.05, 3.63) is 93.5 Å². The van der Waals surface area contributed by atoms with Gasteiger partial charge in [-0.05, 0) is 86.5 Å². The van der Waals surface area contributed by atoms with Crippen LogP contribution in [0.3, 0.4) is 0 Å². The van der Waals surface area contributed by atoms with Crippen LogP contribution in [0.2, 0.25) is 5.02 Å². The molecule has 5 nitrogen and oxygen atoms in total. The zero-order valence-corrected chi connectivity index (χ0v) is 20.1. The second-order valence-corrected chi connectivity index (χ2v) is 9.10. The minimum atomic E-state index is -0.390. The van der Waals surface area contributed by atoms with Crippen LogP contribution < -0.4 is 15.0 Å². The summed E-state index contributed by atoms with van der Waals surface area (Å²) in [7, 11) is 0. The van der Waals surface area contributed by atoms with Crippen molar-refractivity contribution in [1.82, 2.24) is 0 Å². The number of halogens is 1. The van der Waals surface area contributed by atoms with Crippen molar-refractivity contribution >= 4 is 46.6 Å². The lowest BCUT2D eigenvalue weighted by atomic mass is 10.1. The smallest absolute Gasteiger partial charge is 0.283 e. The molecule has 0 aromatic heterocycles. The van der Waals surface area contributed by atoms with Crippen LogP contribution in [0, 0.1) is 13.8 Å². The molecule has 0 unspecified atom stereocenters. The summed E-state index contributed by atoms with van der Waals surface area (Å²) in [5, 5.41) is 3.77. The Morgan fingerprint density at radius 3 is 2.30 bits per heavy atom. The van der Waals surface area contributed by atoms with Gasteiger partial charge in [0.05, 0.1) is 12.3 Å². The van der Waals surface area contributed by atoms with Gasteiger partial charge in [-0.15, -0.1) is 0 Å². The molecule has 7 heteroatoms. The first-order valence-electron chi connectivity index (χ1n) is 10.5. The first kappa shape index (κ1) is 23.0. The second kappa shape index (κ2) is 9.73. The van der Waals surface area contributed by atoms with E-state index in [0.717, 1.165) is 21.8 Å². The summed E-state index contributed by atoms with van der Waals surface area (Å²) < 4.78 is 5.49. The van der Waals surface area contributed by atoms with Crippen LogP contribution in [-0.2, 0) is 9.59 Å². The lowest BCUT2D eigenvalue weighted by Crippen LogP contribution is -2.33. The zero-order chi connectivity index (χ0) is 23.5. The highest BCUT2D eigenvalue weighted by Gasteiger charge is 2.40. The fraction of sp³-hybridized carbons (Fsp3) is 0.154. The molecule has 0 atom stereocenters. The molecule has 0 fully saturated rings. The molecule has 168 valence electrons. The third-order valence-corrected chi connectivity index (χ3v) is 6.46. The van der Waals surface area contributed by atoms with E-state index in [2.05, 4.69) is 5.32 Å². The van der Waals surface area contributed by atoms with E-state index >= 15 is 0 Å². The molecule has 1 aliphatic heterocycles. The molecule has 0 spiro atoms. The maximum Gasteiger partial charge on any atom is 0.283 e. The summed E-state index contributed by atoms with van der Waals surface area (Å²) in [6.07, 6.45) is 0. The molecule has 33 heavy (non-hydrogen) atoms. The van der Waals surface area contributed by atoms with Gasteiger partial charge in [-0.2, -0.15) is 0 Å². The van der Waals surface area contributed by atoms with Crippen LogP contribution in [0.1, 0.15) is 18.1 Å². The number of benzene rings is 3. The quantitative estimate of drug-likeness (QED) is 0.401. The third-order valence-electron chi connectivity index (χ3n) is 5.12. The van der Waals surface area contributed by atoms with Gasteiger partial charge < -0.3 is 10.1 Å². The average Bonchev–Trinajstić information content (AvgIpc) is 3.02. The minimum absolute atomic E-state index is 0.241. The Bertz CT molecular complexity index is 1240. The number of imide groups is 1. The maximum atomic E-state index is 13.5. The van der Waals surface area contributed by atoms with E-state index in [1.165, 1.54) is 16.7 Å². The van der Waals surface area contributed by atoms with E-state index in [9.17, 15) is 9.59 Å². The maximum absolute atomic E-state index is 13.5. The Morgan fingerprint density at radius 1 is 0.939 bits per heavy atom. The number of carbonyl (C=O) groups excluding carboxylic acids is 2. The summed E-state index contributed by atoms with van der Waals surface area (Å²) in [6, 6.07) is 20.2. The summed E-state index contributed by atoms with van der Waals surface area (Å²) in [4.78, 5) is 29.5. The molecule has 0 bridgehead atoms. The molecular weight excluding hydrogens is 456 g/mol. The number of thioether (sulfide) groups is 1. The molecule has 2 amide bonds. The van der Waals surface area contributed by atoms with Gasteiger partial charge in [-0.1, -0.05) is 35.5 Å². The molecule has 3 aromatic rings. The number of rotatable bonds is 7. The first-order chi connectivity index (χ1) is 15.9. The van der Waals surface area contributed by atoms with Gasteiger partial charge in [0.2, 0.25) is 0 Å². The van der Waals surface area contributed by atoms with Crippen molar-refractivity contribution in [3.63, 3.8) is 0 Å². The molecule has 0 saturated carbocycles. The Hall–Kier alpha value is -3.22. The number of ether oxygens (including phenoxy) is 1. The van der Waals surface area contributed by atoms with Crippen molar-refractivity contribution in [2.24, 2.45) is 0 Å². The van der Waals surface area contributed by atoms with Gasteiger partial charge >= 0.3 is 0 Å². The Balaban J connectivity index is 1.73. The molecule has 0 saturated heterocycles. The van der Waals surface area contributed by atoms with E-state index in [4.69, 9.17) is 16.3 Å². The summed E-state index contributed by atoms with van der Waals surface area (Å²) in [5.41, 5.74) is 3.33. The van der Waals surface area contributed by atoms with Crippen molar-refractivity contribution in [3.8, 4) is 5.75 Å². The standard InChI is InChI=1S/C26H23ClN2O3S/c1-4-32-20-11-9-19(10-12-20)28-23-24(33-21-13-7-18(27)8-14-21)26(31)29(25(23)30)22-15-16(2)5-6-17(22)3/h5-15,28H,4H2,1-3H3. The number of anilines is 2. The van der Waals surface area contributed by atoms with Gasteiger partial charge in [-0.3, -0.25) is 9.59 Å². The van der Waals surface area contributed by atoms with Crippen LogP contribution in [0.15, 0.2) is 82.2 Å². The van der Waals surface area contributed by atoms with Crippen LogP contribution >= 0.6 is 23.4 Å². The van der Waals surface area contributed by atoms with Crippen molar-refractivity contribution < 1.29 is 14.3 Å². The van der Waals surface area contributed by atoms with E-state index in [0.29, 0.717) is 27.9 Å². The van der Waals surface area contributed by atoms with Crippen LogP contribution in [0.4, 0.5) is 11.4 Å². The van der Waals surface area contributed by atoms with Crippen LogP contribution in [0.25, 0.3) is 0 Å². The lowest BCUT2D eigenvalue weighted by molar-refractivity contribution is -0.120. The molecule has 1 aliphatic rings. The predicted molar refractivity (Wildman–Crippen MR) is 134 cm³/mol. The highest BCUT2D eigenvalue weighted by Crippen LogP contribution is 2.39. The van der Waals surface area contributed by atoms with E-state index in [1.807, 2.05) is 75.4 Å². The van der Waals surface area contributed by atoms with E-state index < -0.39 is 0 Å². The predicted octanol–water partition coefficient (Wildman–Crippen LogP) is 6.34. The Labute approximate surface area is 202 Å². The molecule has 4 rings (SSSR count). The van der Waals surface area contributed by atoms with Gasteiger partial charge in [-0.25, -0.2) is 4.90 Å². The topological polar surface area (TPSA) is 58.6 Å². The molecule has 0 aliphatic carbocycles. The second-order valence-electron chi connectivity index (χ2n) is 7.58. The Morgan fingerprint density at radius 2 is 1.64 bits per heavy atom. The number of nitrogens with zero attached hydrogens (tertiary/aromatic N) is 1. The number of carbonyl (C=O) groups is 2. The summed E-state index contributed by atoms with van der Waals surface area (Å²) in [5.74, 6) is -0.0141. The first-order valence-corrected chi connectivity index (χ1v) is 11.7. The van der Waals surface area contributed by atoms with Gasteiger partial charge in [0.25, 0.3) is 11.8 Å². The van der Waals surface area contributed by atoms with E-state index in [1.54, 1.807) is 12.1 Å². The van der Waals surface area contributed by atoms with E-state index in [-0.39, 0.29) is 17.5 Å². The fourth-order valence-electron chi connectivity index (χ4n) is 3.46. The van der Waals surface area contributed by atoms with Crippen molar-refractivity contribution in [1.29, 1.82) is 0 Å². The third kappa shape index (κ3) is 4.92. The highest BCUT2D eigenvalue weighted by molar-refractivity contribution is 8.04. The molecule has 1 N–H and O–H groups in total. The largest absolute Gasteiger partial charge is 0.494 e. The SMILES string of the molecule is CCOc1ccc(NC2=C(Sc3ccc(Cl)cc3)C(=O)N(c3cc(C)ccc3C)C2=O)cc1. The molecular formula is C26H23ClN2O3S.